The number of amides is 2. The van der Waals surface area contributed by atoms with Crippen LogP contribution in [0.4, 0.5) is 0 Å². The van der Waals surface area contributed by atoms with Crippen LogP contribution in [0.5, 0.6) is 0 Å². The summed E-state index contributed by atoms with van der Waals surface area (Å²) in [6.45, 7) is 3.42. The second-order valence-corrected chi connectivity index (χ2v) is 10.5. The van der Waals surface area contributed by atoms with Crippen LogP contribution >= 0.6 is 0 Å². The third kappa shape index (κ3) is 5.41. The number of fused-ring (bicyclic) bond motifs is 2. The number of benzene rings is 2. The van der Waals surface area contributed by atoms with Crippen LogP contribution in [0.3, 0.4) is 0 Å². The molecule has 2 saturated heterocycles. The molecule has 2 amide bonds. The van der Waals surface area contributed by atoms with Crippen LogP contribution in [0.2, 0.25) is 0 Å². The molecule has 0 spiro atoms. The van der Waals surface area contributed by atoms with Crippen LogP contribution in [0.25, 0.3) is 5.57 Å². The Morgan fingerprint density at radius 3 is 1.97 bits per heavy atom. The summed E-state index contributed by atoms with van der Waals surface area (Å²) in [6, 6.07) is 23.1. The first kappa shape index (κ1) is 25.9. The number of nitrogens with one attached hydrogen (secondary N) is 1. The van der Waals surface area contributed by atoms with Crippen LogP contribution in [0, 0.1) is 0 Å². The fourth-order valence-electron chi connectivity index (χ4n) is 5.91. The van der Waals surface area contributed by atoms with Gasteiger partial charge in [-0.3, -0.25) is 19.5 Å². The van der Waals surface area contributed by atoms with Crippen molar-refractivity contribution in [1.29, 1.82) is 0 Å². The van der Waals surface area contributed by atoms with E-state index < -0.39 is 0 Å². The zero-order valence-electron chi connectivity index (χ0n) is 22.5. The lowest BCUT2D eigenvalue weighted by molar-refractivity contribution is 0.0827. The van der Waals surface area contributed by atoms with Crippen molar-refractivity contribution in [2.45, 2.75) is 51.2 Å². The largest absolute Gasteiger partial charge is 0.352 e. The molecule has 6 nitrogen and oxygen atoms in total. The molecule has 2 atom stereocenters. The number of hydrogen-bond acceptors (Lipinski definition) is 4. The predicted molar refractivity (Wildman–Crippen MR) is 151 cm³/mol. The molecule has 1 N–H and O–H groups in total. The highest BCUT2D eigenvalue weighted by atomic mass is 16.2. The Morgan fingerprint density at radius 1 is 0.868 bits per heavy atom. The van der Waals surface area contributed by atoms with Gasteiger partial charge in [0.25, 0.3) is 11.8 Å². The molecule has 2 fully saturated rings. The van der Waals surface area contributed by atoms with Crippen LogP contribution in [-0.2, 0) is 6.54 Å². The van der Waals surface area contributed by atoms with E-state index in [1.54, 1.807) is 19.0 Å². The van der Waals surface area contributed by atoms with Gasteiger partial charge in [0.05, 0.1) is 5.69 Å². The number of rotatable bonds is 7. The highest BCUT2D eigenvalue weighted by Crippen LogP contribution is 2.43. The van der Waals surface area contributed by atoms with Crippen molar-refractivity contribution in [3.05, 3.63) is 106 Å². The van der Waals surface area contributed by atoms with E-state index in [0.717, 1.165) is 36.2 Å². The Hall–Kier alpha value is -3.77. The Labute approximate surface area is 225 Å². The number of hydrogen-bond donors (Lipinski definition) is 1. The molecule has 1 aromatic heterocycles. The maximum atomic E-state index is 12.5. The average Bonchev–Trinajstić information content (AvgIpc) is 3.16. The minimum Gasteiger partial charge on any atom is -0.352 e. The second kappa shape index (κ2) is 11.3. The van der Waals surface area contributed by atoms with E-state index in [1.165, 1.54) is 24.0 Å². The van der Waals surface area contributed by atoms with Crippen molar-refractivity contribution < 1.29 is 9.59 Å². The van der Waals surface area contributed by atoms with E-state index in [2.05, 4.69) is 51.6 Å². The van der Waals surface area contributed by atoms with E-state index in [9.17, 15) is 9.59 Å². The molecular weight excluding hydrogens is 472 g/mol. The van der Waals surface area contributed by atoms with Gasteiger partial charge in [0.1, 0.15) is 0 Å². The highest BCUT2D eigenvalue weighted by Gasteiger charge is 2.39. The molecule has 2 bridgehead atoms. The van der Waals surface area contributed by atoms with Crippen molar-refractivity contribution in [3.63, 3.8) is 0 Å². The molecule has 5 rings (SSSR count). The first-order valence-corrected chi connectivity index (χ1v) is 13.5. The minimum absolute atomic E-state index is 0.00193. The molecule has 2 aromatic carbocycles. The fourth-order valence-corrected chi connectivity index (χ4v) is 5.91. The third-order valence-corrected chi connectivity index (χ3v) is 7.76. The molecule has 0 unspecified atom stereocenters. The third-order valence-electron chi connectivity index (χ3n) is 7.76. The van der Waals surface area contributed by atoms with E-state index in [4.69, 9.17) is 0 Å². The number of carbonyl (C=O) groups is 2. The molecule has 2 aliphatic rings. The van der Waals surface area contributed by atoms with Gasteiger partial charge in [0.15, 0.2) is 0 Å². The standard InChI is InChI=1S/C32H36N4O2/c1-4-33-31(37)24-12-8-22(9-13-24)30(23-10-14-25(15-11-23)32(38)35(2)3)26-19-28-16-17-29(20-26)36(28)21-27-7-5-6-18-34-27/h5-15,18,28-29H,4,16-17,19-21H2,1-3H3,(H,33,37)/t28-,29+. The Morgan fingerprint density at radius 2 is 1.45 bits per heavy atom. The monoisotopic (exact) mass is 508 g/mol. The van der Waals surface area contributed by atoms with Gasteiger partial charge in [-0.05, 0) is 85.7 Å². The van der Waals surface area contributed by atoms with Gasteiger partial charge in [-0.15, -0.1) is 0 Å². The van der Waals surface area contributed by atoms with E-state index in [1.807, 2.05) is 43.5 Å². The SMILES string of the molecule is CCNC(=O)c1ccc(C(=C2C[C@H]3CC[C@@H](C2)N3Cc2ccccn2)c2ccc(C(=O)N(C)C)cc2)cc1. The first-order valence-electron chi connectivity index (χ1n) is 13.5. The predicted octanol–water partition coefficient (Wildman–Crippen LogP) is 5.16. The Kier molecular flexibility index (Phi) is 7.70. The molecule has 38 heavy (non-hydrogen) atoms. The summed E-state index contributed by atoms with van der Waals surface area (Å²) in [6.07, 6.45) is 6.28. The Balaban J connectivity index is 1.49. The summed E-state index contributed by atoms with van der Waals surface area (Å²) in [7, 11) is 3.54. The van der Waals surface area contributed by atoms with Crippen LogP contribution in [0.1, 0.15) is 70.1 Å². The minimum atomic E-state index is -0.0549. The zero-order valence-corrected chi connectivity index (χ0v) is 22.5. The molecule has 3 heterocycles. The number of carbonyl (C=O) groups excluding carboxylic acids is 2. The molecule has 196 valence electrons. The highest BCUT2D eigenvalue weighted by molar-refractivity contribution is 5.96. The van der Waals surface area contributed by atoms with Crippen molar-refractivity contribution in [1.82, 2.24) is 20.1 Å². The normalized spacial score (nSPS) is 20.2. The van der Waals surface area contributed by atoms with Crippen molar-refractivity contribution in [2.24, 2.45) is 0 Å². The number of pyridine rings is 1. The van der Waals surface area contributed by atoms with Crippen LogP contribution in [0.15, 0.2) is 78.5 Å². The number of piperidine rings is 1. The maximum absolute atomic E-state index is 12.5. The van der Waals surface area contributed by atoms with Crippen molar-refractivity contribution >= 4 is 17.4 Å². The average molecular weight is 509 g/mol. The van der Waals surface area contributed by atoms with E-state index in [0.29, 0.717) is 29.8 Å². The second-order valence-electron chi connectivity index (χ2n) is 10.5. The van der Waals surface area contributed by atoms with Crippen LogP contribution in [-0.4, -0.2) is 59.3 Å². The lowest BCUT2D eigenvalue weighted by atomic mass is 9.85. The van der Waals surface area contributed by atoms with Crippen molar-refractivity contribution in [3.8, 4) is 0 Å². The number of aromatic nitrogens is 1. The summed E-state index contributed by atoms with van der Waals surface area (Å²) in [4.78, 5) is 33.7. The van der Waals surface area contributed by atoms with Gasteiger partial charge < -0.3 is 10.2 Å². The van der Waals surface area contributed by atoms with Crippen LogP contribution < -0.4 is 5.32 Å². The number of nitrogens with zero attached hydrogens (tertiary/aromatic N) is 3. The molecule has 3 aromatic rings. The van der Waals surface area contributed by atoms with Gasteiger partial charge >= 0.3 is 0 Å². The van der Waals surface area contributed by atoms with E-state index >= 15 is 0 Å². The maximum Gasteiger partial charge on any atom is 0.253 e. The molecular formula is C32H36N4O2. The van der Waals surface area contributed by atoms with Gasteiger partial charge in [0, 0.05) is 56.6 Å². The molecule has 6 heteroatoms. The molecule has 0 radical (unpaired) electrons. The summed E-state index contributed by atoms with van der Waals surface area (Å²) in [5.74, 6) is -0.0569. The zero-order chi connectivity index (χ0) is 26.6. The smallest absolute Gasteiger partial charge is 0.253 e. The summed E-state index contributed by atoms with van der Waals surface area (Å²) in [5, 5.41) is 2.88. The van der Waals surface area contributed by atoms with Gasteiger partial charge in [-0.1, -0.05) is 35.9 Å². The van der Waals surface area contributed by atoms with Gasteiger partial charge in [-0.25, -0.2) is 0 Å². The lowest BCUT2D eigenvalue weighted by Crippen LogP contribution is -2.40. The van der Waals surface area contributed by atoms with E-state index in [-0.39, 0.29) is 11.8 Å². The Bertz CT molecular complexity index is 1300. The van der Waals surface area contributed by atoms with Gasteiger partial charge in [0.2, 0.25) is 0 Å². The molecule has 2 aliphatic heterocycles. The summed E-state index contributed by atoms with van der Waals surface area (Å²) in [5.41, 5.74) is 7.37. The lowest BCUT2D eigenvalue weighted by Gasteiger charge is -2.37. The quantitative estimate of drug-likeness (QED) is 0.479. The summed E-state index contributed by atoms with van der Waals surface area (Å²) >= 11 is 0. The summed E-state index contributed by atoms with van der Waals surface area (Å²) < 4.78 is 0. The molecule has 0 aliphatic carbocycles. The fraction of sp³-hybridized carbons (Fsp3) is 0.344. The van der Waals surface area contributed by atoms with Crippen molar-refractivity contribution in [2.75, 3.05) is 20.6 Å². The first-order chi connectivity index (χ1) is 18.4. The molecule has 0 saturated carbocycles. The van der Waals surface area contributed by atoms with Gasteiger partial charge in [-0.2, -0.15) is 0 Å². The topological polar surface area (TPSA) is 65.5 Å².